The summed E-state index contributed by atoms with van der Waals surface area (Å²) in [4.78, 5) is 0. The van der Waals surface area contributed by atoms with E-state index in [9.17, 15) is 16.8 Å². The Bertz CT molecular complexity index is 414. The van der Waals surface area contributed by atoms with Gasteiger partial charge in [0.1, 0.15) is 9.84 Å². The van der Waals surface area contributed by atoms with Crippen LogP contribution in [0.1, 0.15) is 20.3 Å². The molecule has 0 bridgehead atoms. The van der Waals surface area contributed by atoms with Gasteiger partial charge in [-0.2, -0.15) is 0 Å². The van der Waals surface area contributed by atoms with E-state index in [-0.39, 0.29) is 18.3 Å². The molecule has 0 aliphatic rings. The average molecular weight is 286 g/mol. The molecule has 0 aromatic carbocycles. The fourth-order valence-electron chi connectivity index (χ4n) is 1.26. The van der Waals surface area contributed by atoms with Gasteiger partial charge in [-0.3, -0.25) is 0 Å². The summed E-state index contributed by atoms with van der Waals surface area (Å²) in [6.45, 7) is 4.14. The quantitative estimate of drug-likeness (QED) is 0.615. The highest BCUT2D eigenvalue weighted by atomic mass is 32.2. The molecule has 0 saturated carbocycles. The number of rotatable bonds is 8. The lowest BCUT2D eigenvalue weighted by atomic mass is 10.1. The Morgan fingerprint density at radius 3 is 2.06 bits per heavy atom. The van der Waals surface area contributed by atoms with Crippen LogP contribution in [0.2, 0.25) is 0 Å². The molecule has 0 fully saturated rings. The number of sulfone groups is 1. The molecule has 0 radical (unpaired) electrons. The fourth-order valence-corrected chi connectivity index (χ4v) is 3.96. The van der Waals surface area contributed by atoms with Crippen LogP contribution in [0.5, 0.6) is 0 Å². The maximum absolute atomic E-state index is 11.4. The summed E-state index contributed by atoms with van der Waals surface area (Å²) in [5, 5.41) is 0. The van der Waals surface area contributed by atoms with Gasteiger partial charge in [0.15, 0.2) is 0 Å². The molecule has 0 rings (SSSR count). The molecule has 0 aromatic heterocycles. The van der Waals surface area contributed by atoms with Gasteiger partial charge in [-0.1, -0.05) is 13.8 Å². The van der Waals surface area contributed by atoms with Crippen LogP contribution in [0.25, 0.3) is 0 Å². The Morgan fingerprint density at radius 1 is 1.12 bits per heavy atom. The largest absolute Gasteiger partial charge is 0.327 e. The molecule has 1 unspecified atom stereocenters. The van der Waals surface area contributed by atoms with Crippen molar-refractivity contribution >= 4 is 19.9 Å². The van der Waals surface area contributed by atoms with Gasteiger partial charge >= 0.3 is 0 Å². The molecular formula is C9H22N2O4S2. The van der Waals surface area contributed by atoms with Crippen molar-refractivity contribution in [3.05, 3.63) is 0 Å². The first-order valence-corrected chi connectivity index (χ1v) is 9.14. The van der Waals surface area contributed by atoms with E-state index in [4.69, 9.17) is 5.73 Å². The van der Waals surface area contributed by atoms with E-state index in [1.807, 2.05) is 13.8 Å². The summed E-state index contributed by atoms with van der Waals surface area (Å²) < 4.78 is 46.9. The lowest BCUT2D eigenvalue weighted by Gasteiger charge is -2.14. The Kier molecular flexibility index (Phi) is 6.60. The molecule has 0 saturated heterocycles. The summed E-state index contributed by atoms with van der Waals surface area (Å²) in [6, 6.07) is -0.247. The third kappa shape index (κ3) is 10.7. The summed E-state index contributed by atoms with van der Waals surface area (Å²) in [5.41, 5.74) is 5.72. The third-order valence-corrected chi connectivity index (χ3v) is 4.61. The molecule has 17 heavy (non-hydrogen) atoms. The van der Waals surface area contributed by atoms with E-state index in [1.165, 1.54) is 0 Å². The van der Waals surface area contributed by atoms with E-state index < -0.39 is 25.6 Å². The Balaban J connectivity index is 4.11. The van der Waals surface area contributed by atoms with Gasteiger partial charge in [0.25, 0.3) is 0 Å². The highest BCUT2D eigenvalue weighted by Crippen LogP contribution is 2.02. The Labute approximate surface area is 104 Å². The van der Waals surface area contributed by atoms with Gasteiger partial charge in [-0.05, 0) is 12.3 Å². The SMILES string of the molecule is CC(C)CC(N)CNS(=O)(=O)CCS(C)(=O)=O. The standard InChI is InChI=1S/C9H22N2O4S2/c1-8(2)6-9(10)7-11-17(14,15)5-4-16(3,12)13/h8-9,11H,4-7,10H2,1-3H3. The molecule has 8 heteroatoms. The van der Waals surface area contributed by atoms with Crippen molar-refractivity contribution in [1.82, 2.24) is 4.72 Å². The molecule has 6 nitrogen and oxygen atoms in total. The first-order chi connectivity index (χ1) is 7.52. The van der Waals surface area contributed by atoms with Crippen molar-refractivity contribution in [2.75, 3.05) is 24.3 Å². The van der Waals surface area contributed by atoms with Crippen molar-refractivity contribution in [1.29, 1.82) is 0 Å². The van der Waals surface area contributed by atoms with Crippen LogP contribution in [-0.2, 0) is 19.9 Å². The van der Waals surface area contributed by atoms with Gasteiger partial charge in [-0.25, -0.2) is 21.6 Å². The first-order valence-electron chi connectivity index (χ1n) is 5.42. The second kappa shape index (κ2) is 6.67. The highest BCUT2D eigenvalue weighted by molar-refractivity contribution is 7.93. The van der Waals surface area contributed by atoms with Crippen LogP contribution in [0.4, 0.5) is 0 Å². The maximum atomic E-state index is 11.4. The predicted octanol–water partition coefficient (Wildman–Crippen LogP) is -0.676. The van der Waals surface area contributed by atoms with E-state index in [1.54, 1.807) is 0 Å². The molecule has 0 aliphatic heterocycles. The Morgan fingerprint density at radius 2 is 1.65 bits per heavy atom. The van der Waals surface area contributed by atoms with Crippen molar-refractivity contribution < 1.29 is 16.8 Å². The number of hydrogen-bond donors (Lipinski definition) is 2. The Hall–Kier alpha value is -0.180. The first kappa shape index (κ1) is 16.8. The van der Waals surface area contributed by atoms with Crippen molar-refractivity contribution in [2.45, 2.75) is 26.3 Å². The monoisotopic (exact) mass is 286 g/mol. The molecule has 104 valence electrons. The van der Waals surface area contributed by atoms with E-state index in [0.29, 0.717) is 12.3 Å². The molecule has 0 heterocycles. The molecular weight excluding hydrogens is 264 g/mol. The minimum atomic E-state index is -3.55. The van der Waals surface area contributed by atoms with Crippen LogP contribution in [-0.4, -0.2) is 47.2 Å². The second-order valence-corrected chi connectivity index (χ2v) is 8.87. The zero-order valence-corrected chi connectivity index (χ0v) is 12.1. The zero-order chi connectivity index (χ0) is 13.7. The summed E-state index contributed by atoms with van der Waals surface area (Å²) >= 11 is 0. The highest BCUT2D eigenvalue weighted by Gasteiger charge is 2.15. The predicted molar refractivity (Wildman–Crippen MR) is 68.9 cm³/mol. The van der Waals surface area contributed by atoms with Crippen LogP contribution >= 0.6 is 0 Å². The third-order valence-electron chi connectivity index (χ3n) is 2.06. The van der Waals surface area contributed by atoms with Crippen LogP contribution in [0.15, 0.2) is 0 Å². The van der Waals surface area contributed by atoms with Crippen LogP contribution in [0.3, 0.4) is 0 Å². The maximum Gasteiger partial charge on any atom is 0.212 e. The minimum Gasteiger partial charge on any atom is -0.327 e. The van der Waals surface area contributed by atoms with Gasteiger partial charge in [0.05, 0.1) is 11.5 Å². The van der Waals surface area contributed by atoms with Gasteiger partial charge in [0.2, 0.25) is 10.0 Å². The van der Waals surface area contributed by atoms with Gasteiger partial charge in [-0.15, -0.1) is 0 Å². The lowest BCUT2D eigenvalue weighted by Crippen LogP contribution is -2.39. The smallest absolute Gasteiger partial charge is 0.212 e. The van der Waals surface area contributed by atoms with E-state index in [0.717, 1.165) is 6.26 Å². The molecule has 0 amide bonds. The summed E-state index contributed by atoms with van der Waals surface area (Å²) in [7, 11) is -6.82. The molecule has 0 spiro atoms. The van der Waals surface area contributed by atoms with E-state index >= 15 is 0 Å². The topological polar surface area (TPSA) is 106 Å². The van der Waals surface area contributed by atoms with Crippen LogP contribution < -0.4 is 10.5 Å². The van der Waals surface area contributed by atoms with E-state index in [2.05, 4.69) is 4.72 Å². The minimum absolute atomic E-state index is 0.143. The zero-order valence-electron chi connectivity index (χ0n) is 10.5. The van der Waals surface area contributed by atoms with Crippen LogP contribution in [0, 0.1) is 5.92 Å². The summed E-state index contributed by atoms with van der Waals surface area (Å²) in [6.07, 6.45) is 1.72. The molecule has 0 aromatic rings. The number of nitrogens with two attached hydrogens (primary N) is 1. The van der Waals surface area contributed by atoms with Crippen molar-refractivity contribution in [2.24, 2.45) is 11.7 Å². The van der Waals surface area contributed by atoms with Gasteiger partial charge < -0.3 is 5.73 Å². The second-order valence-electron chi connectivity index (χ2n) is 4.69. The fraction of sp³-hybridized carbons (Fsp3) is 1.00. The normalized spacial score (nSPS) is 15.1. The van der Waals surface area contributed by atoms with Crippen molar-refractivity contribution in [3.8, 4) is 0 Å². The number of sulfonamides is 1. The number of hydrogen-bond acceptors (Lipinski definition) is 5. The molecule has 0 aliphatic carbocycles. The molecule has 3 N–H and O–H groups in total. The molecule has 1 atom stereocenters. The lowest BCUT2D eigenvalue weighted by molar-refractivity contribution is 0.486. The number of nitrogens with one attached hydrogen (secondary N) is 1. The van der Waals surface area contributed by atoms with Crippen molar-refractivity contribution in [3.63, 3.8) is 0 Å². The summed E-state index contributed by atoms with van der Waals surface area (Å²) in [5.74, 6) is -0.396. The average Bonchev–Trinajstić information content (AvgIpc) is 2.10. The van der Waals surface area contributed by atoms with Gasteiger partial charge in [0, 0.05) is 18.8 Å².